The molecule has 5 rings (SSSR count). The minimum atomic E-state index is -5.08. The molecule has 0 atom stereocenters. The Morgan fingerprint density at radius 1 is 1.13 bits per heavy atom. The summed E-state index contributed by atoms with van der Waals surface area (Å²) >= 11 is 0. The number of para-hydroxylation sites is 1. The topological polar surface area (TPSA) is 108 Å². The van der Waals surface area contributed by atoms with E-state index in [4.69, 9.17) is 14.6 Å². The monoisotopic (exact) mass is 532 g/mol. The molecule has 2 aliphatic heterocycles. The van der Waals surface area contributed by atoms with E-state index in [1.165, 1.54) is 6.07 Å². The molecule has 2 aromatic heterocycles. The number of halogens is 4. The van der Waals surface area contributed by atoms with Crippen molar-refractivity contribution in [2.45, 2.75) is 12.6 Å². The first-order chi connectivity index (χ1) is 18.1. The summed E-state index contributed by atoms with van der Waals surface area (Å²) in [5, 5.41) is 9.99. The van der Waals surface area contributed by atoms with E-state index >= 15 is 0 Å². The molecule has 1 saturated heterocycles. The Hall–Kier alpha value is -4.19. The third-order valence-corrected chi connectivity index (χ3v) is 5.92. The van der Waals surface area contributed by atoms with Gasteiger partial charge in [-0.15, -0.1) is 0 Å². The fourth-order valence-corrected chi connectivity index (χ4v) is 4.12. The van der Waals surface area contributed by atoms with E-state index in [1.54, 1.807) is 12.3 Å². The van der Waals surface area contributed by atoms with Gasteiger partial charge in [-0.1, -0.05) is 18.2 Å². The molecular formula is C26H24F4N4O4. The highest BCUT2D eigenvalue weighted by Gasteiger charge is 2.38. The van der Waals surface area contributed by atoms with Gasteiger partial charge >= 0.3 is 12.1 Å². The van der Waals surface area contributed by atoms with Crippen LogP contribution in [0.4, 0.5) is 23.2 Å². The number of hydrogen-bond acceptors (Lipinski definition) is 5. The number of morpholine rings is 1. The van der Waals surface area contributed by atoms with Crippen molar-refractivity contribution in [3.63, 3.8) is 0 Å². The maximum atomic E-state index is 14.6. The molecule has 12 heteroatoms. The summed E-state index contributed by atoms with van der Waals surface area (Å²) in [7, 11) is 0. The number of fused-ring (bicyclic) bond motifs is 1. The van der Waals surface area contributed by atoms with E-state index in [0.29, 0.717) is 44.1 Å². The third kappa shape index (κ3) is 6.38. The largest absolute Gasteiger partial charge is 0.490 e. The normalized spacial score (nSPS) is 15.5. The molecule has 1 fully saturated rings. The number of alkyl halides is 3. The van der Waals surface area contributed by atoms with Crippen molar-refractivity contribution < 1.29 is 37.0 Å². The van der Waals surface area contributed by atoms with Gasteiger partial charge in [0.1, 0.15) is 5.82 Å². The maximum absolute atomic E-state index is 14.6. The summed E-state index contributed by atoms with van der Waals surface area (Å²) < 4.78 is 51.8. The second-order valence-corrected chi connectivity index (χ2v) is 8.46. The average molecular weight is 532 g/mol. The fourth-order valence-electron chi connectivity index (χ4n) is 4.12. The van der Waals surface area contributed by atoms with Gasteiger partial charge in [-0.2, -0.15) is 13.2 Å². The first kappa shape index (κ1) is 26.9. The van der Waals surface area contributed by atoms with Crippen LogP contribution < -0.4 is 10.2 Å². The quantitative estimate of drug-likeness (QED) is 0.436. The van der Waals surface area contributed by atoms with Gasteiger partial charge in [0.2, 0.25) is 0 Å². The van der Waals surface area contributed by atoms with Crippen molar-refractivity contribution in [1.29, 1.82) is 0 Å². The number of nitrogens with zero attached hydrogens (tertiary/aromatic N) is 2. The molecule has 200 valence electrons. The number of H-pyrrole nitrogens is 1. The molecule has 2 aliphatic rings. The molecule has 0 saturated carbocycles. The van der Waals surface area contributed by atoms with Gasteiger partial charge in [0, 0.05) is 54.8 Å². The molecule has 3 N–H and O–H groups in total. The summed E-state index contributed by atoms with van der Waals surface area (Å²) in [6.45, 7) is 3.18. The zero-order chi connectivity index (χ0) is 27.3. The SMILES string of the molecule is O=C(O)C(F)(F)F.O=C1NCCc2[nH]c(-c3ccnc(/C=C/c4cccc(F)c4N4CCOCC4)c3)cc21. The number of aromatic nitrogens is 2. The molecule has 1 amide bonds. The number of nitrogens with one attached hydrogen (secondary N) is 2. The van der Waals surface area contributed by atoms with Crippen LogP contribution in [0.5, 0.6) is 0 Å². The van der Waals surface area contributed by atoms with E-state index in [-0.39, 0.29) is 11.7 Å². The van der Waals surface area contributed by atoms with Crippen LogP contribution in [0.1, 0.15) is 27.3 Å². The molecule has 1 aromatic carbocycles. The van der Waals surface area contributed by atoms with Crippen LogP contribution in [0.3, 0.4) is 0 Å². The standard InChI is InChI=1S/C24H23FN4O2.C2HF3O2/c25-20-3-1-2-16(23(20)29-10-12-31-13-11-29)4-5-18-14-17(6-8-26-18)22-15-19-21(28-22)7-9-27-24(19)30;3-2(4,5)1(6)7/h1-6,8,14-15,28H,7,9-13H2,(H,27,30);(H,6,7)/b5-4+;. The Kier molecular flexibility index (Phi) is 8.10. The van der Waals surface area contributed by atoms with Gasteiger partial charge in [0.05, 0.1) is 30.2 Å². The molecule has 0 radical (unpaired) electrons. The molecule has 0 bridgehead atoms. The van der Waals surface area contributed by atoms with Crippen LogP contribution in [0, 0.1) is 5.82 Å². The number of aliphatic carboxylic acids is 1. The number of rotatable bonds is 4. The van der Waals surface area contributed by atoms with Crippen molar-refractivity contribution >= 4 is 29.7 Å². The summed E-state index contributed by atoms with van der Waals surface area (Å²) in [4.78, 5) is 30.8. The minimum absolute atomic E-state index is 0.0420. The maximum Gasteiger partial charge on any atom is 0.490 e. The summed E-state index contributed by atoms with van der Waals surface area (Å²) in [5.41, 5.74) is 5.66. The highest BCUT2D eigenvalue weighted by molar-refractivity contribution is 5.97. The number of benzene rings is 1. The zero-order valence-corrected chi connectivity index (χ0v) is 20.0. The van der Waals surface area contributed by atoms with Crippen LogP contribution in [0.15, 0.2) is 42.6 Å². The van der Waals surface area contributed by atoms with Crippen molar-refractivity contribution in [1.82, 2.24) is 15.3 Å². The second-order valence-electron chi connectivity index (χ2n) is 8.46. The third-order valence-electron chi connectivity index (χ3n) is 5.92. The molecule has 0 spiro atoms. The Bertz CT molecular complexity index is 1350. The lowest BCUT2D eigenvalue weighted by molar-refractivity contribution is -0.192. The van der Waals surface area contributed by atoms with E-state index in [2.05, 4.69) is 15.3 Å². The first-order valence-corrected chi connectivity index (χ1v) is 11.7. The molecule has 3 aromatic rings. The average Bonchev–Trinajstić information content (AvgIpc) is 3.34. The van der Waals surface area contributed by atoms with Gasteiger partial charge in [-0.3, -0.25) is 9.78 Å². The number of carbonyl (C=O) groups excluding carboxylic acids is 1. The number of aromatic amines is 1. The van der Waals surface area contributed by atoms with Crippen LogP contribution in [-0.4, -0.2) is 66.0 Å². The minimum Gasteiger partial charge on any atom is -0.475 e. The Morgan fingerprint density at radius 2 is 1.87 bits per heavy atom. The summed E-state index contributed by atoms with van der Waals surface area (Å²) in [6.07, 6.45) is 1.23. The highest BCUT2D eigenvalue weighted by atomic mass is 19.4. The number of carboxylic acids is 1. The number of amides is 1. The number of pyridine rings is 1. The van der Waals surface area contributed by atoms with Gasteiger partial charge in [0.25, 0.3) is 5.91 Å². The van der Waals surface area contributed by atoms with Crippen molar-refractivity contribution in [2.24, 2.45) is 0 Å². The van der Waals surface area contributed by atoms with E-state index in [1.807, 2.05) is 41.3 Å². The lowest BCUT2D eigenvalue weighted by Crippen LogP contribution is -2.37. The fraction of sp³-hybridized carbons (Fsp3) is 0.269. The Balaban J connectivity index is 0.000000426. The lowest BCUT2D eigenvalue weighted by atomic mass is 10.1. The lowest BCUT2D eigenvalue weighted by Gasteiger charge is -2.30. The van der Waals surface area contributed by atoms with Crippen molar-refractivity contribution in [2.75, 3.05) is 37.7 Å². The van der Waals surface area contributed by atoms with Crippen LogP contribution >= 0.6 is 0 Å². The second kappa shape index (κ2) is 11.5. The molecule has 8 nitrogen and oxygen atoms in total. The molecule has 38 heavy (non-hydrogen) atoms. The van der Waals surface area contributed by atoms with E-state index in [9.17, 15) is 22.4 Å². The van der Waals surface area contributed by atoms with Crippen molar-refractivity contribution in [3.05, 3.63) is 70.9 Å². The number of carboxylic acid groups (broad SMARTS) is 1. The summed E-state index contributed by atoms with van der Waals surface area (Å²) in [6, 6.07) is 10.9. The number of carbonyl (C=O) groups is 2. The van der Waals surface area contributed by atoms with Gasteiger partial charge in [-0.05, 0) is 30.3 Å². The molecule has 0 aliphatic carbocycles. The number of ether oxygens (including phenoxy) is 1. The van der Waals surface area contributed by atoms with Crippen LogP contribution in [-0.2, 0) is 16.0 Å². The predicted molar refractivity (Wildman–Crippen MR) is 132 cm³/mol. The molecular weight excluding hydrogens is 508 g/mol. The number of hydrogen-bond donors (Lipinski definition) is 3. The highest BCUT2D eigenvalue weighted by Crippen LogP contribution is 2.28. The number of anilines is 1. The summed E-state index contributed by atoms with van der Waals surface area (Å²) in [5.74, 6) is -3.03. The Labute approximate surface area is 214 Å². The first-order valence-electron chi connectivity index (χ1n) is 11.7. The van der Waals surface area contributed by atoms with Gasteiger partial charge < -0.3 is 25.0 Å². The Morgan fingerprint density at radius 3 is 2.55 bits per heavy atom. The van der Waals surface area contributed by atoms with Gasteiger partial charge in [0.15, 0.2) is 0 Å². The van der Waals surface area contributed by atoms with Crippen molar-refractivity contribution in [3.8, 4) is 11.3 Å². The van der Waals surface area contributed by atoms with E-state index < -0.39 is 12.1 Å². The predicted octanol–water partition coefficient (Wildman–Crippen LogP) is 4.14. The van der Waals surface area contributed by atoms with Crippen LogP contribution in [0.2, 0.25) is 0 Å². The smallest absolute Gasteiger partial charge is 0.475 e. The van der Waals surface area contributed by atoms with Crippen LogP contribution in [0.25, 0.3) is 23.4 Å². The zero-order valence-electron chi connectivity index (χ0n) is 20.0. The molecule has 4 heterocycles. The van der Waals surface area contributed by atoms with E-state index in [0.717, 1.165) is 34.6 Å². The van der Waals surface area contributed by atoms with Gasteiger partial charge in [-0.25, -0.2) is 9.18 Å². The molecule has 0 unspecified atom stereocenters.